The van der Waals surface area contributed by atoms with Crippen LogP contribution >= 0.6 is 0 Å². The van der Waals surface area contributed by atoms with Crippen LogP contribution in [0.15, 0.2) is 0 Å². The average Bonchev–Trinajstić information content (AvgIpc) is 2.90. The van der Waals surface area contributed by atoms with Gasteiger partial charge in [-0.3, -0.25) is 4.79 Å². The summed E-state index contributed by atoms with van der Waals surface area (Å²) in [5.74, 6) is 0.960. The molecule has 0 aromatic heterocycles. The number of nitrogens with one attached hydrogen (secondary N) is 2. The molecule has 2 saturated heterocycles. The molecule has 17 heavy (non-hydrogen) atoms. The SMILES string of the molecule is CNC(=O)CCN1CCCC(C2CCCN2)C1. The number of hydrogen-bond acceptors (Lipinski definition) is 3. The monoisotopic (exact) mass is 239 g/mol. The molecule has 0 saturated carbocycles. The van der Waals surface area contributed by atoms with Crippen LogP contribution in [0.25, 0.3) is 0 Å². The van der Waals surface area contributed by atoms with E-state index in [4.69, 9.17) is 0 Å². The third-order valence-corrected chi connectivity index (χ3v) is 4.14. The fourth-order valence-electron chi connectivity index (χ4n) is 3.12. The first kappa shape index (κ1) is 12.8. The van der Waals surface area contributed by atoms with Crippen molar-refractivity contribution in [3.05, 3.63) is 0 Å². The summed E-state index contributed by atoms with van der Waals surface area (Å²) in [6.07, 6.45) is 5.96. The van der Waals surface area contributed by atoms with Crippen molar-refractivity contribution in [2.75, 3.05) is 33.2 Å². The summed E-state index contributed by atoms with van der Waals surface area (Å²) in [6, 6.07) is 0.734. The lowest BCUT2D eigenvalue weighted by atomic mass is 9.90. The first-order valence-electron chi connectivity index (χ1n) is 6.96. The lowest BCUT2D eigenvalue weighted by Crippen LogP contribution is -2.44. The van der Waals surface area contributed by atoms with E-state index in [2.05, 4.69) is 15.5 Å². The Morgan fingerprint density at radius 3 is 3.00 bits per heavy atom. The van der Waals surface area contributed by atoms with Gasteiger partial charge in [-0.05, 0) is 44.7 Å². The van der Waals surface area contributed by atoms with Crippen molar-refractivity contribution < 1.29 is 4.79 Å². The van der Waals surface area contributed by atoms with E-state index in [9.17, 15) is 4.79 Å². The quantitative estimate of drug-likeness (QED) is 0.754. The van der Waals surface area contributed by atoms with Gasteiger partial charge >= 0.3 is 0 Å². The zero-order valence-corrected chi connectivity index (χ0v) is 10.9. The summed E-state index contributed by atoms with van der Waals surface area (Å²) in [4.78, 5) is 13.7. The van der Waals surface area contributed by atoms with Crippen molar-refractivity contribution in [2.45, 2.75) is 38.1 Å². The molecule has 2 aliphatic rings. The van der Waals surface area contributed by atoms with Gasteiger partial charge in [0.2, 0.25) is 5.91 Å². The summed E-state index contributed by atoms with van der Waals surface area (Å²) in [7, 11) is 1.71. The van der Waals surface area contributed by atoms with Gasteiger partial charge in [0.15, 0.2) is 0 Å². The highest BCUT2D eigenvalue weighted by Gasteiger charge is 2.28. The van der Waals surface area contributed by atoms with Crippen LogP contribution in [-0.4, -0.2) is 50.1 Å². The molecule has 2 unspecified atom stereocenters. The Morgan fingerprint density at radius 1 is 1.41 bits per heavy atom. The second-order valence-electron chi connectivity index (χ2n) is 5.33. The molecule has 2 rings (SSSR count). The van der Waals surface area contributed by atoms with Crippen molar-refractivity contribution >= 4 is 5.91 Å². The first-order chi connectivity index (χ1) is 8.29. The minimum atomic E-state index is 0.158. The molecule has 1 amide bonds. The van der Waals surface area contributed by atoms with E-state index in [1.54, 1.807) is 7.05 Å². The third kappa shape index (κ3) is 3.68. The predicted octanol–water partition coefficient (Wildman–Crippen LogP) is 0.587. The van der Waals surface area contributed by atoms with E-state index in [0.29, 0.717) is 6.42 Å². The lowest BCUT2D eigenvalue weighted by molar-refractivity contribution is -0.121. The van der Waals surface area contributed by atoms with Crippen molar-refractivity contribution in [3.63, 3.8) is 0 Å². The Labute approximate surface area is 104 Å². The van der Waals surface area contributed by atoms with Gasteiger partial charge in [0, 0.05) is 32.6 Å². The maximum atomic E-state index is 11.2. The number of piperidine rings is 1. The van der Waals surface area contributed by atoms with Crippen LogP contribution in [0.3, 0.4) is 0 Å². The van der Waals surface area contributed by atoms with Gasteiger partial charge < -0.3 is 15.5 Å². The largest absolute Gasteiger partial charge is 0.359 e. The standard InChI is InChI=1S/C13H25N3O/c1-14-13(17)6-9-16-8-3-4-11(10-16)12-5-2-7-15-12/h11-12,15H,2-10H2,1H3,(H,14,17). The Bertz CT molecular complexity index is 251. The molecule has 4 nitrogen and oxygen atoms in total. The summed E-state index contributed by atoms with van der Waals surface area (Å²) in [5, 5.41) is 6.31. The Balaban J connectivity index is 1.74. The van der Waals surface area contributed by atoms with Crippen LogP contribution in [0.1, 0.15) is 32.1 Å². The zero-order valence-electron chi connectivity index (χ0n) is 10.9. The molecule has 0 spiro atoms. The molecular weight excluding hydrogens is 214 g/mol. The Kier molecular flexibility index (Phi) is 4.80. The van der Waals surface area contributed by atoms with Crippen LogP contribution in [-0.2, 0) is 4.79 Å². The maximum Gasteiger partial charge on any atom is 0.221 e. The minimum absolute atomic E-state index is 0.158. The van der Waals surface area contributed by atoms with Gasteiger partial charge in [-0.25, -0.2) is 0 Å². The van der Waals surface area contributed by atoms with Gasteiger partial charge in [0.25, 0.3) is 0 Å². The molecule has 2 heterocycles. The van der Waals surface area contributed by atoms with Crippen LogP contribution < -0.4 is 10.6 Å². The number of nitrogens with zero attached hydrogens (tertiary/aromatic N) is 1. The summed E-state index contributed by atoms with van der Waals surface area (Å²) in [6.45, 7) is 4.46. The summed E-state index contributed by atoms with van der Waals surface area (Å²) >= 11 is 0. The van der Waals surface area contributed by atoms with Gasteiger partial charge in [-0.2, -0.15) is 0 Å². The molecule has 2 atom stereocenters. The molecule has 0 aromatic rings. The van der Waals surface area contributed by atoms with Crippen molar-refractivity contribution in [1.82, 2.24) is 15.5 Å². The number of likely N-dealkylation sites (tertiary alicyclic amines) is 1. The van der Waals surface area contributed by atoms with E-state index in [-0.39, 0.29) is 5.91 Å². The molecule has 2 fully saturated rings. The van der Waals surface area contributed by atoms with Gasteiger partial charge in [0.1, 0.15) is 0 Å². The molecule has 2 N–H and O–H groups in total. The number of carbonyl (C=O) groups excluding carboxylic acids is 1. The molecular formula is C13H25N3O. The molecule has 0 aliphatic carbocycles. The fraction of sp³-hybridized carbons (Fsp3) is 0.923. The summed E-state index contributed by atoms with van der Waals surface area (Å²) in [5.41, 5.74) is 0. The van der Waals surface area contributed by atoms with E-state index >= 15 is 0 Å². The molecule has 4 heteroatoms. The Hall–Kier alpha value is -0.610. The highest BCUT2D eigenvalue weighted by atomic mass is 16.1. The lowest BCUT2D eigenvalue weighted by Gasteiger charge is -2.35. The van der Waals surface area contributed by atoms with Crippen molar-refractivity contribution in [2.24, 2.45) is 5.92 Å². The van der Waals surface area contributed by atoms with Crippen LogP contribution in [0.2, 0.25) is 0 Å². The fourth-order valence-corrected chi connectivity index (χ4v) is 3.12. The molecule has 0 radical (unpaired) electrons. The van der Waals surface area contributed by atoms with E-state index in [0.717, 1.165) is 18.5 Å². The highest BCUT2D eigenvalue weighted by molar-refractivity contribution is 5.75. The number of rotatable bonds is 4. The normalized spacial score (nSPS) is 30.4. The second kappa shape index (κ2) is 6.36. The van der Waals surface area contributed by atoms with E-state index in [1.807, 2.05) is 0 Å². The van der Waals surface area contributed by atoms with Crippen LogP contribution in [0, 0.1) is 5.92 Å². The first-order valence-corrected chi connectivity index (χ1v) is 6.96. The molecule has 98 valence electrons. The Morgan fingerprint density at radius 2 is 2.29 bits per heavy atom. The molecule has 0 bridgehead atoms. The minimum Gasteiger partial charge on any atom is -0.359 e. The smallest absolute Gasteiger partial charge is 0.221 e. The second-order valence-corrected chi connectivity index (χ2v) is 5.33. The zero-order chi connectivity index (χ0) is 12.1. The average molecular weight is 239 g/mol. The highest BCUT2D eigenvalue weighted by Crippen LogP contribution is 2.24. The predicted molar refractivity (Wildman–Crippen MR) is 68.9 cm³/mol. The maximum absolute atomic E-state index is 11.2. The number of carbonyl (C=O) groups is 1. The van der Waals surface area contributed by atoms with Crippen molar-refractivity contribution in [3.8, 4) is 0 Å². The van der Waals surface area contributed by atoms with E-state index < -0.39 is 0 Å². The van der Waals surface area contributed by atoms with Crippen LogP contribution in [0.5, 0.6) is 0 Å². The van der Waals surface area contributed by atoms with Crippen LogP contribution in [0.4, 0.5) is 0 Å². The summed E-state index contributed by atoms with van der Waals surface area (Å²) < 4.78 is 0. The third-order valence-electron chi connectivity index (χ3n) is 4.14. The molecule has 0 aromatic carbocycles. The number of amides is 1. The molecule has 2 aliphatic heterocycles. The van der Waals surface area contributed by atoms with E-state index in [1.165, 1.54) is 45.3 Å². The topological polar surface area (TPSA) is 44.4 Å². The van der Waals surface area contributed by atoms with Gasteiger partial charge in [0.05, 0.1) is 0 Å². The van der Waals surface area contributed by atoms with Crippen molar-refractivity contribution in [1.29, 1.82) is 0 Å². The van der Waals surface area contributed by atoms with Gasteiger partial charge in [-0.15, -0.1) is 0 Å². The van der Waals surface area contributed by atoms with Gasteiger partial charge in [-0.1, -0.05) is 0 Å². The number of hydrogen-bond donors (Lipinski definition) is 2.